The lowest BCUT2D eigenvalue weighted by atomic mass is 9.90. The first-order valence-corrected chi connectivity index (χ1v) is 5.58. The average Bonchev–Trinajstić information content (AvgIpc) is 2.55. The topological polar surface area (TPSA) is 12.0 Å². The number of hydrogen-bond donors (Lipinski definition) is 1. The van der Waals surface area contributed by atoms with Gasteiger partial charge in [0.2, 0.25) is 0 Å². The molecule has 1 aromatic carbocycles. The van der Waals surface area contributed by atoms with Crippen LogP contribution in [0.4, 0.5) is 5.69 Å². The van der Waals surface area contributed by atoms with E-state index in [1.807, 2.05) is 6.07 Å². The summed E-state index contributed by atoms with van der Waals surface area (Å²) in [6.45, 7) is 5.42. The van der Waals surface area contributed by atoms with E-state index in [2.05, 4.69) is 25.2 Å². The molecule has 0 amide bonds. The number of anilines is 1. The fourth-order valence-corrected chi connectivity index (χ4v) is 2.37. The quantitative estimate of drug-likeness (QED) is 0.763. The Morgan fingerprint density at radius 3 is 2.71 bits per heavy atom. The first kappa shape index (κ1) is 10.1. The second-order valence-electron chi connectivity index (χ2n) is 4.06. The van der Waals surface area contributed by atoms with E-state index in [0.717, 1.165) is 12.2 Å². The van der Waals surface area contributed by atoms with E-state index >= 15 is 0 Å². The first-order valence-electron chi connectivity index (χ1n) is 4.83. The second-order valence-corrected chi connectivity index (χ2v) is 4.84. The van der Waals surface area contributed by atoms with Crippen molar-refractivity contribution in [2.75, 3.05) is 11.9 Å². The van der Waals surface area contributed by atoms with Gasteiger partial charge < -0.3 is 5.32 Å². The summed E-state index contributed by atoms with van der Waals surface area (Å²) in [4.78, 5) is 0. The van der Waals surface area contributed by atoms with Gasteiger partial charge in [-0.3, -0.25) is 0 Å². The van der Waals surface area contributed by atoms with Crippen LogP contribution in [0.2, 0.25) is 10.0 Å². The van der Waals surface area contributed by atoms with Crippen LogP contribution in [-0.4, -0.2) is 6.54 Å². The third kappa shape index (κ3) is 1.49. The molecule has 0 radical (unpaired) electrons. The van der Waals surface area contributed by atoms with Crippen molar-refractivity contribution >= 4 is 28.9 Å². The summed E-state index contributed by atoms with van der Waals surface area (Å²) in [5.41, 5.74) is 2.33. The van der Waals surface area contributed by atoms with E-state index in [1.165, 1.54) is 5.56 Å². The minimum Gasteiger partial charge on any atom is -0.383 e. The molecule has 1 atom stereocenters. The summed E-state index contributed by atoms with van der Waals surface area (Å²) in [6.07, 6.45) is 0. The number of rotatable bonds is 1. The van der Waals surface area contributed by atoms with Gasteiger partial charge in [0.15, 0.2) is 0 Å². The van der Waals surface area contributed by atoms with Gasteiger partial charge in [0.05, 0.1) is 15.7 Å². The Morgan fingerprint density at radius 2 is 2.07 bits per heavy atom. The lowest BCUT2D eigenvalue weighted by Gasteiger charge is -2.14. The molecule has 1 heterocycles. The average molecular weight is 230 g/mol. The highest BCUT2D eigenvalue weighted by molar-refractivity contribution is 6.43. The monoisotopic (exact) mass is 229 g/mol. The normalized spacial score (nSPS) is 19.6. The number of hydrogen-bond acceptors (Lipinski definition) is 1. The number of fused-ring (bicyclic) bond motifs is 1. The minimum atomic E-state index is 0.555. The van der Waals surface area contributed by atoms with E-state index in [9.17, 15) is 0 Å². The molecule has 1 unspecified atom stereocenters. The van der Waals surface area contributed by atoms with Gasteiger partial charge in [-0.05, 0) is 17.5 Å². The molecule has 2 rings (SSSR count). The van der Waals surface area contributed by atoms with Gasteiger partial charge in [0, 0.05) is 12.5 Å². The molecule has 0 saturated heterocycles. The van der Waals surface area contributed by atoms with Crippen LogP contribution in [-0.2, 0) is 0 Å². The van der Waals surface area contributed by atoms with Gasteiger partial charge in [0.25, 0.3) is 0 Å². The minimum absolute atomic E-state index is 0.555. The summed E-state index contributed by atoms with van der Waals surface area (Å²) in [6, 6.07) is 3.96. The maximum absolute atomic E-state index is 6.11. The molecule has 1 aromatic rings. The van der Waals surface area contributed by atoms with Crippen molar-refractivity contribution in [3.63, 3.8) is 0 Å². The van der Waals surface area contributed by atoms with Crippen molar-refractivity contribution in [1.29, 1.82) is 0 Å². The highest BCUT2D eigenvalue weighted by atomic mass is 35.5. The van der Waals surface area contributed by atoms with Crippen molar-refractivity contribution in [3.8, 4) is 0 Å². The predicted molar refractivity (Wildman–Crippen MR) is 62.5 cm³/mol. The van der Waals surface area contributed by atoms with Gasteiger partial charge >= 0.3 is 0 Å². The molecule has 1 N–H and O–H groups in total. The van der Waals surface area contributed by atoms with E-state index in [1.54, 1.807) is 0 Å². The van der Waals surface area contributed by atoms with E-state index in [4.69, 9.17) is 23.2 Å². The largest absolute Gasteiger partial charge is 0.383 e. The van der Waals surface area contributed by atoms with Crippen LogP contribution in [0.1, 0.15) is 25.3 Å². The van der Waals surface area contributed by atoms with Crippen LogP contribution < -0.4 is 5.32 Å². The Kier molecular flexibility index (Phi) is 2.63. The zero-order valence-electron chi connectivity index (χ0n) is 8.27. The molecule has 3 heteroatoms. The first-order chi connectivity index (χ1) is 6.61. The molecule has 14 heavy (non-hydrogen) atoms. The molecular weight excluding hydrogens is 217 g/mol. The molecule has 76 valence electrons. The Morgan fingerprint density at radius 1 is 1.36 bits per heavy atom. The fraction of sp³-hybridized carbons (Fsp3) is 0.455. The van der Waals surface area contributed by atoms with Gasteiger partial charge in [-0.25, -0.2) is 0 Å². The third-order valence-electron chi connectivity index (χ3n) is 2.83. The van der Waals surface area contributed by atoms with Crippen LogP contribution in [0.3, 0.4) is 0 Å². The Balaban J connectivity index is 2.48. The Hall–Kier alpha value is -0.400. The molecule has 0 aliphatic carbocycles. The van der Waals surface area contributed by atoms with Crippen molar-refractivity contribution in [3.05, 3.63) is 27.7 Å². The maximum atomic E-state index is 6.11. The van der Waals surface area contributed by atoms with Crippen LogP contribution >= 0.6 is 23.2 Å². The summed E-state index contributed by atoms with van der Waals surface area (Å²) < 4.78 is 0. The lowest BCUT2D eigenvalue weighted by Crippen LogP contribution is -2.08. The molecular formula is C11H13Cl2N. The predicted octanol–water partition coefficient (Wildman–Crippen LogP) is 4.16. The highest BCUT2D eigenvalue weighted by Gasteiger charge is 2.27. The van der Waals surface area contributed by atoms with Crippen molar-refractivity contribution in [2.24, 2.45) is 5.92 Å². The molecule has 1 aliphatic heterocycles. The molecule has 0 fully saturated rings. The third-order valence-corrected chi connectivity index (χ3v) is 3.63. The standard InChI is InChI=1S/C11H13Cl2N/c1-6(2)8-5-14-11-7(8)3-4-9(12)10(11)13/h3-4,6,8,14H,5H2,1-2H3. The summed E-state index contributed by atoms with van der Waals surface area (Å²) in [5.74, 6) is 1.18. The SMILES string of the molecule is CC(C)C1CNc2c1ccc(Cl)c2Cl. The van der Waals surface area contributed by atoms with E-state index < -0.39 is 0 Å². The van der Waals surface area contributed by atoms with Crippen LogP contribution in [0.15, 0.2) is 12.1 Å². The molecule has 0 spiro atoms. The van der Waals surface area contributed by atoms with E-state index in [-0.39, 0.29) is 0 Å². The fourth-order valence-electron chi connectivity index (χ4n) is 1.97. The summed E-state index contributed by atoms with van der Waals surface area (Å²) in [5, 5.41) is 4.61. The summed E-state index contributed by atoms with van der Waals surface area (Å²) >= 11 is 12.1. The van der Waals surface area contributed by atoms with Gasteiger partial charge in [-0.15, -0.1) is 0 Å². The van der Waals surface area contributed by atoms with Crippen molar-refractivity contribution in [1.82, 2.24) is 0 Å². The zero-order valence-corrected chi connectivity index (χ0v) is 9.78. The summed E-state index contributed by atoms with van der Waals surface area (Å²) in [7, 11) is 0. The molecule has 0 saturated carbocycles. The van der Waals surface area contributed by atoms with Crippen LogP contribution in [0.5, 0.6) is 0 Å². The van der Waals surface area contributed by atoms with Crippen LogP contribution in [0.25, 0.3) is 0 Å². The van der Waals surface area contributed by atoms with Gasteiger partial charge in [0.1, 0.15) is 0 Å². The lowest BCUT2D eigenvalue weighted by molar-refractivity contribution is 0.533. The smallest absolute Gasteiger partial charge is 0.0826 e. The number of halogens is 2. The molecule has 0 aromatic heterocycles. The zero-order chi connectivity index (χ0) is 10.3. The highest BCUT2D eigenvalue weighted by Crippen LogP contribution is 2.43. The van der Waals surface area contributed by atoms with Gasteiger partial charge in [-0.1, -0.05) is 43.1 Å². The number of benzene rings is 1. The van der Waals surface area contributed by atoms with E-state index in [0.29, 0.717) is 21.9 Å². The van der Waals surface area contributed by atoms with Crippen molar-refractivity contribution in [2.45, 2.75) is 19.8 Å². The van der Waals surface area contributed by atoms with Crippen LogP contribution in [0, 0.1) is 5.92 Å². The Labute approximate surface area is 94.4 Å². The van der Waals surface area contributed by atoms with Gasteiger partial charge in [-0.2, -0.15) is 0 Å². The molecule has 0 bridgehead atoms. The van der Waals surface area contributed by atoms with Crippen molar-refractivity contribution < 1.29 is 0 Å². The number of nitrogens with one attached hydrogen (secondary N) is 1. The maximum Gasteiger partial charge on any atom is 0.0826 e. The molecule has 1 nitrogen and oxygen atoms in total. The molecule has 1 aliphatic rings. The Bertz CT molecular complexity index is 361. The second kappa shape index (κ2) is 3.63.